The Hall–Kier alpha value is -2.26. The van der Waals surface area contributed by atoms with Gasteiger partial charge in [-0.1, -0.05) is 23.5 Å². The monoisotopic (exact) mass is 322 g/mol. The van der Waals surface area contributed by atoms with E-state index in [1.807, 2.05) is 0 Å². The fourth-order valence-electron chi connectivity index (χ4n) is 1.69. The minimum Gasteiger partial charge on any atom is -0.449 e. The van der Waals surface area contributed by atoms with Gasteiger partial charge in [0.1, 0.15) is 17.5 Å². The van der Waals surface area contributed by atoms with Crippen molar-refractivity contribution < 1.29 is 12.8 Å². The number of hydrogen-bond donors (Lipinski definition) is 1. The van der Waals surface area contributed by atoms with Gasteiger partial charge in [-0.25, -0.2) is 13.4 Å². The van der Waals surface area contributed by atoms with Crippen LogP contribution in [0.5, 0.6) is 0 Å². The summed E-state index contributed by atoms with van der Waals surface area (Å²) in [5.41, 5.74) is 2.89. The molecule has 9 heteroatoms. The number of anilines is 1. The number of hydrogen-bond acceptors (Lipinski definition) is 7. The Morgan fingerprint density at radius 1 is 1.24 bits per heavy atom. The minimum atomic E-state index is -3.66. The molecule has 7 nitrogen and oxygen atoms in total. The summed E-state index contributed by atoms with van der Waals surface area (Å²) in [5, 5.41) is 7.46. The lowest BCUT2D eigenvalue weighted by atomic mass is 10.2. The van der Waals surface area contributed by atoms with E-state index in [0.29, 0.717) is 11.6 Å². The van der Waals surface area contributed by atoms with E-state index in [1.165, 1.54) is 23.9 Å². The van der Waals surface area contributed by atoms with Crippen molar-refractivity contribution in [3.63, 3.8) is 0 Å². The van der Waals surface area contributed by atoms with Gasteiger partial charge < -0.3 is 4.42 Å². The van der Waals surface area contributed by atoms with Crippen molar-refractivity contribution in [1.29, 1.82) is 0 Å². The first kappa shape index (κ1) is 13.7. The Balaban J connectivity index is 1.86. The van der Waals surface area contributed by atoms with E-state index in [4.69, 9.17) is 4.42 Å². The van der Waals surface area contributed by atoms with Crippen LogP contribution < -0.4 is 4.72 Å². The van der Waals surface area contributed by atoms with Crippen molar-refractivity contribution >= 4 is 26.5 Å². The maximum Gasteiger partial charge on any atom is 0.263 e. The van der Waals surface area contributed by atoms with Gasteiger partial charge in [-0.2, -0.15) is 0 Å². The van der Waals surface area contributed by atoms with Gasteiger partial charge in [0.2, 0.25) is 5.13 Å². The molecule has 0 saturated heterocycles. The van der Waals surface area contributed by atoms with Crippen LogP contribution in [0, 0.1) is 6.92 Å². The van der Waals surface area contributed by atoms with E-state index in [9.17, 15) is 8.42 Å². The first-order valence-electron chi connectivity index (χ1n) is 5.86. The molecule has 1 N–H and O–H groups in total. The highest BCUT2D eigenvalue weighted by Gasteiger charge is 2.16. The van der Waals surface area contributed by atoms with Gasteiger partial charge in [-0.15, -0.1) is 10.2 Å². The molecule has 2 aromatic heterocycles. The SMILES string of the molecule is Cc1nc(-c2ccc(S(=O)(=O)Nc3nncs3)cc2)co1. The predicted molar refractivity (Wildman–Crippen MR) is 77.4 cm³/mol. The fourth-order valence-corrected chi connectivity index (χ4v) is 3.39. The molecule has 0 amide bonds. The maximum absolute atomic E-state index is 12.1. The molecule has 0 saturated carbocycles. The topological polar surface area (TPSA) is 98.0 Å². The van der Waals surface area contributed by atoms with Gasteiger partial charge in [-0.05, 0) is 12.1 Å². The van der Waals surface area contributed by atoms with Gasteiger partial charge in [0.05, 0.1) is 4.90 Å². The van der Waals surface area contributed by atoms with Crippen LogP contribution in [-0.4, -0.2) is 23.6 Å². The number of nitrogens with zero attached hydrogens (tertiary/aromatic N) is 3. The maximum atomic E-state index is 12.1. The van der Waals surface area contributed by atoms with Crippen molar-refractivity contribution in [2.75, 3.05) is 4.72 Å². The number of rotatable bonds is 4. The van der Waals surface area contributed by atoms with Gasteiger partial charge in [-0.3, -0.25) is 4.72 Å². The largest absolute Gasteiger partial charge is 0.449 e. The molecular formula is C12H10N4O3S2. The second-order valence-corrected chi connectivity index (χ2v) is 6.64. The second kappa shape index (κ2) is 5.26. The highest BCUT2D eigenvalue weighted by Crippen LogP contribution is 2.22. The number of aromatic nitrogens is 3. The summed E-state index contributed by atoms with van der Waals surface area (Å²) in [6.07, 6.45) is 1.53. The van der Waals surface area contributed by atoms with Crippen LogP contribution in [0.4, 0.5) is 5.13 Å². The normalized spacial score (nSPS) is 11.5. The average Bonchev–Trinajstić information content (AvgIpc) is 3.10. The van der Waals surface area contributed by atoms with E-state index in [1.54, 1.807) is 19.1 Å². The van der Waals surface area contributed by atoms with Crippen LogP contribution in [0.15, 0.2) is 45.4 Å². The molecule has 108 valence electrons. The molecule has 0 fully saturated rings. The van der Waals surface area contributed by atoms with E-state index in [-0.39, 0.29) is 10.0 Å². The first-order chi connectivity index (χ1) is 10.0. The molecule has 3 rings (SSSR count). The third kappa shape index (κ3) is 2.93. The summed E-state index contributed by atoms with van der Waals surface area (Å²) in [5.74, 6) is 0.555. The Labute approximate surface area is 124 Å². The second-order valence-electron chi connectivity index (χ2n) is 4.13. The molecule has 21 heavy (non-hydrogen) atoms. The van der Waals surface area contributed by atoms with E-state index in [0.717, 1.165) is 16.9 Å². The van der Waals surface area contributed by atoms with Crippen LogP contribution >= 0.6 is 11.3 Å². The van der Waals surface area contributed by atoms with Crippen molar-refractivity contribution in [2.45, 2.75) is 11.8 Å². The summed E-state index contributed by atoms with van der Waals surface area (Å²) < 4.78 is 31.8. The Kier molecular flexibility index (Phi) is 3.43. The van der Waals surface area contributed by atoms with Crippen LogP contribution in [0.3, 0.4) is 0 Å². The van der Waals surface area contributed by atoms with E-state index in [2.05, 4.69) is 19.9 Å². The molecule has 0 aliphatic heterocycles. The smallest absolute Gasteiger partial charge is 0.263 e. The molecule has 0 bridgehead atoms. The third-order valence-corrected chi connectivity index (χ3v) is 4.75. The highest BCUT2D eigenvalue weighted by molar-refractivity contribution is 7.93. The number of oxazole rings is 1. The average molecular weight is 322 g/mol. The van der Waals surface area contributed by atoms with E-state index >= 15 is 0 Å². The minimum absolute atomic E-state index is 0.140. The number of benzene rings is 1. The van der Waals surface area contributed by atoms with Crippen molar-refractivity contribution in [1.82, 2.24) is 15.2 Å². The third-order valence-electron chi connectivity index (χ3n) is 2.66. The van der Waals surface area contributed by atoms with Crippen molar-refractivity contribution in [3.05, 3.63) is 41.9 Å². The summed E-state index contributed by atoms with van der Waals surface area (Å²) in [6, 6.07) is 6.35. The zero-order chi connectivity index (χ0) is 14.9. The zero-order valence-electron chi connectivity index (χ0n) is 10.8. The molecule has 0 aliphatic carbocycles. The molecule has 1 aromatic carbocycles. The molecule has 0 aliphatic rings. The Bertz CT molecular complexity index is 839. The fraction of sp³-hybridized carbons (Fsp3) is 0.0833. The predicted octanol–water partition coefficient (Wildman–Crippen LogP) is 2.30. The standard InChI is InChI=1S/C12H10N4O3S2/c1-8-14-11(6-19-8)9-2-4-10(5-3-9)21(17,18)16-12-15-13-7-20-12/h2-7H,1H3,(H,15,16). The van der Waals surface area contributed by atoms with Gasteiger partial charge in [0.15, 0.2) is 5.89 Å². The lowest BCUT2D eigenvalue weighted by molar-refractivity contribution is 0.521. The molecule has 0 spiro atoms. The molecule has 2 heterocycles. The van der Waals surface area contributed by atoms with Crippen LogP contribution in [0.25, 0.3) is 11.3 Å². The molecule has 0 radical (unpaired) electrons. The summed E-state index contributed by atoms with van der Waals surface area (Å²) in [4.78, 5) is 4.33. The Morgan fingerprint density at radius 3 is 2.57 bits per heavy atom. The lowest BCUT2D eigenvalue weighted by Crippen LogP contribution is -2.12. The highest BCUT2D eigenvalue weighted by atomic mass is 32.2. The summed E-state index contributed by atoms with van der Waals surface area (Å²) in [7, 11) is -3.66. The van der Waals surface area contributed by atoms with Gasteiger partial charge in [0, 0.05) is 12.5 Å². The van der Waals surface area contributed by atoms with Gasteiger partial charge in [0.25, 0.3) is 10.0 Å². The van der Waals surface area contributed by atoms with Crippen molar-refractivity contribution in [2.24, 2.45) is 0 Å². The molecule has 0 atom stereocenters. The van der Waals surface area contributed by atoms with E-state index < -0.39 is 10.0 Å². The lowest BCUT2D eigenvalue weighted by Gasteiger charge is -2.05. The summed E-state index contributed by atoms with van der Waals surface area (Å²) >= 11 is 1.11. The van der Waals surface area contributed by atoms with Crippen molar-refractivity contribution in [3.8, 4) is 11.3 Å². The van der Waals surface area contributed by atoms with Crippen LogP contribution in [0.2, 0.25) is 0 Å². The molecular weight excluding hydrogens is 312 g/mol. The first-order valence-corrected chi connectivity index (χ1v) is 8.22. The Morgan fingerprint density at radius 2 is 2.00 bits per heavy atom. The number of sulfonamides is 1. The summed E-state index contributed by atoms with van der Waals surface area (Å²) in [6.45, 7) is 1.74. The number of nitrogens with one attached hydrogen (secondary N) is 1. The zero-order valence-corrected chi connectivity index (χ0v) is 12.5. The van der Waals surface area contributed by atoms with Crippen LogP contribution in [0.1, 0.15) is 5.89 Å². The quantitative estimate of drug-likeness (QED) is 0.791. The molecule has 0 unspecified atom stereocenters. The van der Waals surface area contributed by atoms with Gasteiger partial charge >= 0.3 is 0 Å². The number of aryl methyl sites for hydroxylation is 1. The van der Waals surface area contributed by atoms with Crippen LogP contribution in [-0.2, 0) is 10.0 Å². The molecule has 3 aromatic rings.